The number of rotatable bonds is 5. The van der Waals surface area contributed by atoms with Crippen LogP contribution in [0.4, 0.5) is 0 Å². The van der Waals surface area contributed by atoms with Crippen molar-refractivity contribution in [1.82, 2.24) is 5.32 Å². The summed E-state index contributed by atoms with van der Waals surface area (Å²) in [5.74, 6) is -0.350. The number of nitrogens with one attached hydrogen (secondary N) is 1. The van der Waals surface area contributed by atoms with E-state index in [2.05, 4.69) is 10.1 Å². The fourth-order valence-corrected chi connectivity index (χ4v) is 1.37. The molecule has 0 saturated carbocycles. The first-order valence-electron chi connectivity index (χ1n) is 4.93. The first-order valence-corrected chi connectivity index (χ1v) is 5.31. The van der Waals surface area contributed by atoms with Gasteiger partial charge in [-0.1, -0.05) is 23.7 Å². The summed E-state index contributed by atoms with van der Waals surface area (Å²) in [7, 11) is 1.34. The minimum absolute atomic E-state index is 0.209. The summed E-state index contributed by atoms with van der Waals surface area (Å²) in [6.45, 7) is 0.758. The van der Waals surface area contributed by atoms with Crippen molar-refractivity contribution >= 4 is 17.6 Å². The van der Waals surface area contributed by atoms with Crippen LogP contribution in [0.1, 0.15) is 5.56 Å². The molecule has 88 valence electrons. The zero-order valence-electron chi connectivity index (χ0n) is 9.07. The second-order valence-corrected chi connectivity index (χ2v) is 3.76. The first-order chi connectivity index (χ1) is 7.67. The molecule has 0 aliphatic heterocycles. The monoisotopic (exact) mass is 242 g/mol. The van der Waals surface area contributed by atoms with Gasteiger partial charge in [-0.15, -0.1) is 0 Å². The van der Waals surface area contributed by atoms with Gasteiger partial charge in [-0.3, -0.25) is 10.1 Å². The van der Waals surface area contributed by atoms with Crippen molar-refractivity contribution in [1.29, 1.82) is 0 Å². The lowest BCUT2D eigenvalue weighted by Gasteiger charge is -2.14. The molecular weight excluding hydrogens is 228 g/mol. The predicted octanol–water partition coefficient (Wildman–Crippen LogP) is 0.930. The summed E-state index contributed by atoms with van der Waals surface area (Å²) < 4.78 is 4.61. The molecule has 0 aromatic heterocycles. The summed E-state index contributed by atoms with van der Waals surface area (Å²) in [6.07, 6.45) is 0. The third-order valence-corrected chi connectivity index (χ3v) is 2.44. The molecule has 0 spiro atoms. The van der Waals surface area contributed by atoms with Gasteiger partial charge < -0.3 is 10.5 Å². The minimum atomic E-state index is -0.472. The Hall–Kier alpha value is -1.10. The molecule has 0 bridgehead atoms. The predicted molar refractivity (Wildman–Crippen MR) is 63.2 cm³/mol. The fraction of sp³-hybridized carbons (Fsp3) is 0.364. The largest absolute Gasteiger partial charge is 0.468 e. The van der Waals surface area contributed by atoms with Crippen LogP contribution in [-0.4, -0.2) is 25.7 Å². The van der Waals surface area contributed by atoms with Gasteiger partial charge in [-0.05, 0) is 17.7 Å². The average molecular weight is 243 g/mol. The fourth-order valence-electron chi connectivity index (χ4n) is 1.25. The molecule has 0 amide bonds. The molecule has 0 fully saturated rings. The molecule has 0 heterocycles. The van der Waals surface area contributed by atoms with Gasteiger partial charge in [0.2, 0.25) is 0 Å². The molecule has 1 aromatic rings. The third-order valence-electron chi connectivity index (χ3n) is 2.19. The van der Waals surface area contributed by atoms with Crippen LogP contribution in [0.5, 0.6) is 0 Å². The standard InChI is InChI=1S/C11H15ClN2O2/c1-16-11(15)10(6-13)14-7-8-2-4-9(12)5-3-8/h2-5,10,14H,6-7,13H2,1H3/t10-/m1/s1. The molecule has 0 unspecified atom stereocenters. The number of nitrogens with two attached hydrogens (primary N) is 1. The maximum Gasteiger partial charge on any atom is 0.324 e. The number of hydrogen-bond donors (Lipinski definition) is 2. The Morgan fingerprint density at radius 1 is 1.50 bits per heavy atom. The van der Waals surface area contributed by atoms with Crippen LogP contribution in [0.3, 0.4) is 0 Å². The minimum Gasteiger partial charge on any atom is -0.468 e. The van der Waals surface area contributed by atoms with Gasteiger partial charge in [0.1, 0.15) is 6.04 Å². The SMILES string of the molecule is COC(=O)[C@@H](CN)NCc1ccc(Cl)cc1. The van der Waals surface area contributed by atoms with Gasteiger partial charge in [-0.2, -0.15) is 0 Å². The number of esters is 1. The zero-order chi connectivity index (χ0) is 12.0. The molecule has 0 aliphatic carbocycles. The van der Waals surface area contributed by atoms with Crippen molar-refractivity contribution in [2.45, 2.75) is 12.6 Å². The maximum absolute atomic E-state index is 11.2. The zero-order valence-corrected chi connectivity index (χ0v) is 9.83. The van der Waals surface area contributed by atoms with E-state index in [4.69, 9.17) is 17.3 Å². The number of benzene rings is 1. The topological polar surface area (TPSA) is 64.3 Å². The Morgan fingerprint density at radius 3 is 2.62 bits per heavy atom. The van der Waals surface area contributed by atoms with E-state index < -0.39 is 6.04 Å². The van der Waals surface area contributed by atoms with Gasteiger partial charge in [0.25, 0.3) is 0 Å². The highest BCUT2D eigenvalue weighted by Gasteiger charge is 2.15. The first kappa shape index (κ1) is 13.0. The van der Waals surface area contributed by atoms with Crippen LogP contribution >= 0.6 is 11.6 Å². The van der Waals surface area contributed by atoms with Crippen molar-refractivity contribution in [2.75, 3.05) is 13.7 Å². The lowest BCUT2D eigenvalue weighted by atomic mass is 10.2. The molecule has 1 rings (SSSR count). The van der Waals surface area contributed by atoms with Gasteiger partial charge in [-0.25, -0.2) is 0 Å². The molecule has 0 saturated heterocycles. The highest BCUT2D eigenvalue weighted by atomic mass is 35.5. The van der Waals surface area contributed by atoms with Crippen LogP contribution in [0.2, 0.25) is 5.02 Å². The van der Waals surface area contributed by atoms with E-state index in [0.717, 1.165) is 5.56 Å². The Morgan fingerprint density at radius 2 is 2.12 bits per heavy atom. The Labute approximate surface area is 99.7 Å². The molecule has 0 aliphatic rings. The summed E-state index contributed by atoms with van der Waals surface area (Å²) in [5, 5.41) is 3.70. The van der Waals surface area contributed by atoms with Crippen molar-refractivity contribution in [3.63, 3.8) is 0 Å². The van der Waals surface area contributed by atoms with E-state index in [-0.39, 0.29) is 12.5 Å². The van der Waals surface area contributed by atoms with Crippen molar-refractivity contribution in [3.8, 4) is 0 Å². The Kier molecular flexibility index (Phi) is 5.25. The van der Waals surface area contributed by atoms with Gasteiger partial charge in [0.15, 0.2) is 0 Å². The molecule has 3 N–H and O–H groups in total. The van der Waals surface area contributed by atoms with Crippen LogP contribution in [0.25, 0.3) is 0 Å². The second kappa shape index (κ2) is 6.48. The third kappa shape index (κ3) is 3.81. The molecule has 5 heteroatoms. The Bertz CT molecular complexity index is 340. The van der Waals surface area contributed by atoms with E-state index in [1.165, 1.54) is 7.11 Å². The highest BCUT2D eigenvalue weighted by molar-refractivity contribution is 6.30. The van der Waals surface area contributed by atoms with Crippen LogP contribution in [0, 0.1) is 0 Å². The van der Waals surface area contributed by atoms with Gasteiger partial charge in [0, 0.05) is 18.1 Å². The van der Waals surface area contributed by atoms with Crippen LogP contribution in [-0.2, 0) is 16.1 Å². The maximum atomic E-state index is 11.2. The van der Waals surface area contributed by atoms with Gasteiger partial charge >= 0.3 is 5.97 Å². The summed E-state index contributed by atoms with van der Waals surface area (Å²) in [5.41, 5.74) is 6.49. The molecule has 16 heavy (non-hydrogen) atoms. The normalized spacial score (nSPS) is 12.2. The number of methoxy groups -OCH3 is 1. The van der Waals surface area contributed by atoms with E-state index in [1.54, 1.807) is 12.1 Å². The van der Waals surface area contributed by atoms with E-state index in [0.29, 0.717) is 11.6 Å². The summed E-state index contributed by atoms with van der Waals surface area (Å²) >= 11 is 5.76. The van der Waals surface area contributed by atoms with E-state index in [9.17, 15) is 4.79 Å². The summed E-state index contributed by atoms with van der Waals surface area (Å²) in [6, 6.07) is 6.91. The van der Waals surface area contributed by atoms with Crippen molar-refractivity contribution in [2.24, 2.45) is 5.73 Å². The average Bonchev–Trinajstić information content (AvgIpc) is 2.31. The highest BCUT2D eigenvalue weighted by Crippen LogP contribution is 2.09. The Balaban J connectivity index is 2.49. The molecule has 1 aromatic carbocycles. The lowest BCUT2D eigenvalue weighted by molar-refractivity contribution is -0.142. The molecule has 4 nitrogen and oxygen atoms in total. The molecule has 1 atom stereocenters. The number of halogens is 1. The van der Waals surface area contributed by atoms with Gasteiger partial charge in [0.05, 0.1) is 7.11 Å². The smallest absolute Gasteiger partial charge is 0.324 e. The number of ether oxygens (including phenoxy) is 1. The number of carbonyl (C=O) groups excluding carboxylic acids is 1. The molecule has 0 radical (unpaired) electrons. The summed E-state index contributed by atoms with van der Waals surface area (Å²) in [4.78, 5) is 11.2. The van der Waals surface area contributed by atoms with Crippen molar-refractivity contribution < 1.29 is 9.53 Å². The number of hydrogen-bond acceptors (Lipinski definition) is 4. The van der Waals surface area contributed by atoms with E-state index in [1.807, 2.05) is 12.1 Å². The second-order valence-electron chi connectivity index (χ2n) is 3.32. The lowest BCUT2D eigenvalue weighted by Crippen LogP contribution is -2.42. The van der Waals surface area contributed by atoms with Crippen LogP contribution < -0.4 is 11.1 Å². The quantitative estimate of drug-likeness (QED) is 0.754. The van der Waals surface area contributed by atoms with Crippen molar-refractivity contribution in [3.05, 3.63) is 34.9 Å². The molecular formula is C11H15ClN2O2. The number of carbonyl (C=O) groups is 1. The van der Waals surface area contributed by atoms with Crippen LogP contribution in [0.15, 0.2) is 24.3 Å². The van der Waals surface area contributed by atoms with E-state index >= 15 is 0 Å².